The number of carbonyl (C=O) groups is 2. The molecule has 1 aliphatic carbocycles. The second-order valence-electron chi connectivity index (χ2n) is 9.94. The Bertz CT molecular complexity index is 1180. The maximum absolute atomic E-state index is 14.2. The Morgan fingerprint density at radius 3 is 2.44 bits per heavy atom. The highest BCUT2D eigenvalue weighted by Gasteiger charge is 2.34. The van der Waals surface area contributed by atoms with E-state index in [0.717, 1.165) is 41.7 Å². The predicted octanol–water partition coefficient (Wildman–Crippen LogP) is 6.26. The Balaban J connectivity index is 1.59. The second-order valence-corrected chi connectivity index (χ2v) is 11.0. The summed E-state index contributed by atoms with van der Waals surface area (Å²) in [6.45, 7) is 7.23. The van der Waals surface area contributed by atoms with Crippen molar-refractivity contribution >= 4 is 28.2 Å². The van der Waals surface area contributed by atoms with Crippen LogP contribution < -0.4 is 10.6 Å². The summed E-state index contributed by atoms with van der Waals surface area (Å²) in [6.07, 6.45) is 3.40. The number of carbonyl (C=O) groups excluding carboxylic acids is 2. The molecule has 2 N–H and O–H groups in total. The molecule has 0 spiro atoms. The lowest BCUT2D eigenvalue weighted by Crippen LogP contribution is -2.29. The summed E-state index contributed by atoms with van der Waals surface area (Å²) in [6, 6.07) is 15.9. The summed E-state index contributed by atoms with van der Waals surface area (Å²) in [7, 11) is 0. The Hall–Kier alpha value is -2.99. The summed E-state index contributed by atoms with van der Waals surface area (Å²) in [5.74, 6) is -0.806. The first-order chi connectivity index (χ1) is 16.2. The minimum absolute atomic E-state index is 0.0307. The van der Waals surface area contributed by atoms with E-state index in [4.69, 9.17) is 0 Å². The van der Waals surface area contributed by atoms with E-state index in [1.807, 2.05) is 30.3 Å². The largest absolute Gasteiger partial charge is 0.352 e. The molecule has 1 aliphatic rings. The standard InChI is InChI=1S/C28H31FN2O2S/c1-28(2,3)19-13-14-21-23(17-19)34-27(31-25(32)20-11-7-8-12-22(20)29)24(21)26(33)30-16-15-18-9-5-4-6-10-18/h4-12,19H,13-17H2,1-3H3,(H,30,33)(H,31,32). The maximum atomic E-state index is 14.2. The summed E-state index contributed by atoms with van der Waals surface area (Å²) in [5.41, 5.74) is 2.83. The topological polar surface area (TPSA) is 58.2 Å². The fraction of sp³-hybridized carbons (Fsp3) is 0.357. The summed E-state index contributed by atoms with van der Waals surface area (Å²) in [5, 5.41) is 6.38. The van der Waals surface area contributed by atoms with Crippen molar-refractivity contribution in [1.82, 2.24) is 5.32 Å². The van der Waals surface area contributed by atoms with Crippen LogP contribution in [0.15, 0.2) is 54.6 Å². The lowest BCUT2D eigenvalue weighted by Gasteiger charge is -2.33. The molecule has 0 bridgehead atoms. The van der Waals surface area contributed by atoms with Gasteiger partial charge in [-0.1, -0.05) is 63.2 Å². The van der Waals surface area contributed by atoms with E-state index in [1.54, 1.807) is 12.1 Å². The van der Waals surface area contributed by atoms with Gasteiger partial charge >= 0.3 is 0 Å². The second kappa shape index (κ2) is 10.1. The van der Waals surface area contributed by atoms with Crippen LogP contribution in [0.1, 0.15) is 63.9 Å². The van der Waals surface area contributed by atoms with Gasteiger partial charge in [-0.3, -0.25) is 9.59 Å². The van der Waals surface area contributed by atoms with Gasteiger partial charge < -0.3 is 10.6 Å². The fourth-order valence-corrected chi connectivity index (χ4v) is 5.84. The van der Waals surface area contributed by atoms with Crippen molar-refractivity contribution in [1.29, 1.82) is 0 Å². The molecule has 2 aromatic carbocycles. The number of anilines is 1. The molecule has 0 saturated heterocycles. The lowest BCUT2D eigenvalue weighted by atomic mass is 9.72. The Labute approximate surface area is 204 Å². The SMILES string of the molecule is CC(C)(C)C1CCc2c(sc(NC(=O)c3ccccc3F)c2C(=O)NCCc2ccccc2)C1. The molecule has 0 aliphatic heterocycles. The third-order valence-electron chi connectivity index (χ3n) is 6.60. The van der Waals surface area contributed by atoms with E-state index >= 15 is 0 Å². The number of hydrogen-bond acceptors (Lipinski definition) is 3. The van der Waals surface area contributed by atoms with Gasteiger partial charge in [-0.05, 0) is 60.3 Å². The predicted molar refractivity (Wildman–Crippen MR) is 136 cm³/mol. The van der Waals surface area contributed by atoms with Crippen LogP contribution in [0.5, 0.6) is 0 Å². The molecular weight excluding hydrogens is 447 g/mol. The number of fused-ring (bicyclic) bond motifs is 1. The molecule has 6 heteroatoms. The minimum Gasteiger partial charge on any atom is -0.352 e. The molecule has 178 valence electrons. The minimum atomic E-state index is -0.581. The monoisotopic (exact) mass is 478 g/mol. The zero-order valence-electron chi connectivity index (χ0n) is 19.9. The van der Waals surface area contributed by atoms with E-state index in [2.05, 4.69) is 31.4 Å². The number of halogens is 1. The van der Waals surface area contributed by atoms with Gasteiger partial charge in [0.1, 0.15) is 10.8 Å². The normalized spacial score (nSPS) is 15.5. The summed E-state index contributed by atoms with van der Waals surface area (Å²) >= 11 is 1.45. The number of hydrogen-bond donors (Lipinski definition) is 2. The van der Waals surface area contributed by atoms with Gasteiger partial charge in [0.05, 0.1) is 11.1 Å². The van der Waals surface area contributed by atoms with Crippen molar-refractivity contribution in [2.75, 3.05) is 11.9 Å². The highest BCUT2D eigenvalue weighted by molar-refractivity contribution is 7.17. The van der Waals surface area contributed by atoms with Gasteiger partial charge in [0, 0.05) is 11.4 Å². The molecule has 3 aromatic rings. The van der Waals surface area contributed by atoms with Crippen LogP contribution in [0.25, 0.3) is 0 Å². The highest BCUT2D eigenvalue weighted by Crippen LogP contribution is 2.44. The van der Waals surface area contributed by atoms with Crippen molar-refractivity contribution in [3.8, 4) is 0 Å². The number of rotatable bonds is 6. The summed E-state index contributed by atoms with van der Waals surface area (Å²) in [4.78, 5) is 27.3. The van der Waals surface area contributed by atoms with E-state index in [-0.39, 0.29) is 16.9 Å². The van der Waals surface area contributed by atoms with Crippen molar-refractivity contribution < 1.29 is 14.0 Å². The third kappa shape index (κ3) is 5.39. The van der Waals surface area contributed by atoms with Gasteiger partial charge in [-0.15, -0.1) is 11.3 Å². The van der Waals surface area contributed by atoms with Crippen molar-refractivity contribution in [3.63, 3.8) is 0 Å². The molecule has 4 nitrogen and oxygen atoms in total. The van der Waals surface area contributed by atoms with E-state index in [0.29, 0.717) is 23.0 Å². The number of benzene rings is 2. The van der Waals surface area contributed by atoms with Crippen molar-refractivity contribution in [3.05, 3.63) is 87.5 Å². The molecule has 1 unspecified atom stereocenters. The van der Waals surface area contributed by atoms with E-state index < -0.39 is 11.7 Å². The van der Waals surface area contributed by atoms with Crippen LogP contribution in [-0.4, -0.2) is 18.4 Å². The van der Waals surface area contributed by atoms with Gasteiger partial charge in [-0.2, -0.15) is 0 Å². The molecular formula is C28H31FN2O2S. The highest BCUT2D eigenvalue weighted by atomic mass is 32.1. The lowest BCUT2D eigenvalue weighted by molar-refractivity contribution is 0.0954. The van der Waals surface area contributed by atoms with Crippen LogP contribution in [-0.2, 0) is 19.3 Å². The zero-order valence-corrected chi connectivity index (χ0v) is 20.7. The molecule has 4 rings (SSSR count). The first-order valence-electron chi connectivity index (χ1n) is 11.8. The molecule has 2 amide bonds. The van der Waals surface area contributed by atoms with Crippen LogP contribution in [0.2, 0.25) is 0 Å². The Morgan fingerprint density at radius 2 is 1.74 bits per heavy atom. The molecule has 1 aromatic heterocycles. The Morgan fingerprint density at radius 1 is 1.03 bits per heavy atom. The van der Waals surface area contributed by atoms with Crippen LogP contribution in [0, 0.1) is 17.2 Å². The van der Waals surface area contributed by atoms with Crippen molar-refractivity contribution in [2.45, 2.75) is 46.5 Å². The zero-order chi connectivity index (χ0) is 24.3. The average Bonchev–Trinajstić information content (AvgIpc) is 3.16. The first-order valence-corrected chi connectivity index (χ1v) is 12.6. The fourth-order valence-electron chi connectivity index (χ4n) is 4.52. The quantitative estimate of drug-likeness (QED) is 0.439. The molecule has 0 radical (unpaired) electrons. The molecule has 0 fully saturated rings. The number of nitrogens with one attached hydrogen (secondary N) is 2. The van der Waals surface area contributed by atoms with E-state index in [9.17, 15) is 14.0 Å². The molecule has 0 saturated carbocycles. The summed E-state index contributed by atoms with van der Waals surface area (Å²) < 4.78 is 14.2. The average molecular weight is 479 g/mol. The van der Waals surface area contributed by atoms with Crippen LogP contribution >= 0.6 is 11.3 Å². The van der Waals surface area contributed by atoms with Crippen LogP contribution in [0.4, 0.5) is 9.39 Å². The van der Waals surface area contributed by atoms with Gasteiger partial charge in [0.15, 0.2) is 0 Å². The van der Waals surface area contributed by atoms with Gasteiger partial charge in [0.25, 0.3) is 11.8 Å². The van der Waals surface area contributed by atoms with E-state index in [1.165, 1.54) is 23.5 Å². The van der Waals surface area contributed by atoms with Crippen LogP contribution in [0.3, 0.4) is 0 Å². The van der Waals surface area contributed by atoms with Gasteiger partial charge in [0.2, 0.25) is 0 Å². The number of thiophene rings is 1. The maximum Gasteiger partial charge on any atom is 0.259 e. The smallest absolute Gasteiger partial charge is 0.259 e. The first kappa shape index (κ1) is 24.1. The molecule has 1 atom stereocenters. The molecule has 34 heavy (non-hydrogen) atoms. The van der Waals surface area contributed by atoms with Gasteiger partial charge in [-0.25, -0.2) is 4.39 Å². The van der Waals surface area contributed by atoms with Crippen molar-refractivity contribution in [2.24, 2.45) is 11.3 Å². The third-order valence-corrected chi connectivity index (χ3v) is 7.77. The molecule has 1 heterocycles. The number of amides is 2. The Kier molecular flexibility index (Phi) is 7.17.